The van der Waals surface area contributed by atoms with Crippen LogP contribution in [0, 0.1) is 0 Å². The third-order valence-corrected chi connectivity index (χ3v) is 3.67. The minimum absolute atomic E-state index is 0.0384. The Labute approximate surface area is 109 Å². The molecule has 0 aromatic heterocycles. The van der Waals surface area contributed by atoms with Crippen molar-refractivity contribution in [2.24, 2.45) is 0 Å². The molecule has 102 valence electrons. The number of amides is 2. The minimum atomic E-state index is -0.0384. The molecule has 2 aliphatic rings. The summed E-state index contributed by atoms with van der Waals surface area (Å²) in [6.07, 6.45) is 10.9. The predicted molar refractivity (Wildman–Crippen MR) is 71.5 cm³/mol. The fraction of sp³-hybridized carbons (Fsp3) is 0.786. The van der Waals surface area contributed by atoms with Gasteiger partial charge in [-0.1, -0.05) is 12.2 Å². The van der Waals surface area contributed by atoms with Crippen LogP contribution in [-0.4, -0.2) is 30.8 Å². The van der Waals surface area contributed by atoms with Crippen LogP contribution in [0.4, 0.5) is 4.79 Å². The normalized spacial score (nSPS) is 25.3. The molecule has 0 bridgehead atoms. The van der Waals surface area contributed by atoms with Gasteiger partial charge in [-0.15, -0.1) is 0 Å². The standard InChI is InChI=1S/C14H24N2O2/c1-11(8-9-13-7-4-10-18-13)15-14(17)16-12-5-2-3-6-12/h2-3,11-13H,4-10H2,1H3,(H2,15,16,17)/t11-,13-/m1/s1. The predicted octanol–water partition coefficient (Wildman–Crippen LogP) is 2.35. The van der Waals surface area contributed by atoms with Gasteiger partial charge in [0.25, 0.3) is 0 Å². The van der Waals surface area contributed by atoms with E-state index in [0.29, 0.717) is 6.10 Å². The van der Waals surface area contributed by atoms with E-state index < -0.39 is 0 Å². The number of urea groups is 1. The Morgan fingerprint density at radius 3 is 2.89 bits per heavy atom. The smallest absolute Gasteiger partial charge is 0.315 e. The van der Waals surface area contributed by atoms with E-state index in [2.05, 4.69) is 29.7 Å². The van der Waals surface area contributed by atoms with E-state index in [9.17, 15) is 4.79 Å². The molecule has 2 rings (SSSR count). The van der Waals surface area contributed by atoms with Crippen molar-refractivity contribution >= 4 is 6.03 Å². The van der Waals surface area contributed by atoms with Crippen molar-refractivity contribution in [2.75, 3.05) is 6.61 Å². The van der Waals surface area contributed by atoms with Gasteiger partial charge in [0.15, 0.2) is 0 Å². The Bertz CT molecular complexity index is 290. The first-order valence-electron chi connectivity index (χ1n) is 7.07. The van der Waals surface area contributed by atoms with Crippen LogP contribution in [0.5, 0.6) is 0 Å². The molecule has 0 aromatic carbocycles. The molecule has 0 spiro atoms. The summed E-state index contributed by atoms with van der Waals surface area (Å²) in [5, 5.41) is 5.99. The molecule has 2 N–H and O–H groups in total. The lowest BCUT2D eigenvalue weighted by atomic mass is 10.1. The first-order chi connectivity index (χ1) is 8.74. The number of nitrogens with one attached hydrogen (secondary N) is 2. The molecule has 0 unspecified atom stereocenters. The topological polar surface area (TPSA) is 50.4 Å². The van der Waals surface area contributed by atoms with E-state index in [1.807, 2.05) is 0 Å². The molecule has 1 heterocycles. The fourth-order valence-electron chi connectivity index (χ4n) is 2.57. The van der Waals surface area contributed by atoms with Crippen LogP contribution < -0.4 is 10.6 Å². The second kappa shape index (κ2) is 6.78. The molecular formula is C14H24N2O2. The second-order valence-electron chi connectivity index (χ2n) is 5.37. The Morgan fingerprint density at radius 2 is 2.22 bits per heavy atom. The van der Waals surface area contributed by atoms with E-state index in [1.165, 1.54) is 12.8 Å². The first-order valence-corrected chi connectivity index (χ1v) is 7.07. The number of rotatable bonds is 5. The summed E-state index contributed by atoms with van der Waals surface area (Å²) >= 11 is 0. The second-order valence-corrected chi connectivity index (χ2v) is 5.37. The summed E-state index contributed by atoms with van der Waals surface area (Å²) in [6, 6.07) is 0.461. The zero-order valence-corrected chi connectivity index (χ0v) is 11.2. The highest BCUT2D eigenvalue weighted by molar-refractivity contribution is 5.74. The van der Waals surface area contributed by atoms with Gasteiger partial charge in [-0.3, -0.25) is 0 Å². The molecule has 1 aliphatic heterocycles. The average molecular weight is 252 g/mol. The van der Waals surface area contributed by atoms with Gasteiger partial charge in [0.05, 0.1) is 6.10 Å². The van der Waals surface area contributed by atoms with Crippen LogP contribution in [-0.2, 0) is 4.74 Å². The number of hydrogen-bond acceptors (Lipinski definition) is 2. The number of carbonyl (C=O) groups is 1. The number of hydrogen-bond donors (Lipinski definition) is 2. The Hall–Kier alpha value is -1.03. The van der Waals surface area contributed by atoms with Crippen molar-refractivity contribution in [3.8, 4) is 0 Å². The molecule has 1 saturated heterocycles. The zero-order chi connectivity index (χ0) is 12.8. The lowest BCUT2D eigenvalue weighted by Crippen LogP contribution is -2.44. The van der Waals surface area contributed by atoms with Gasteiger partial charge in [0.1, 0.15) is 0 Å². The Morgan fingerprint density at radius 1 is 1.44 bits per heavy atom. The van der Waals surface area contributed by atoms with Crippen molar-refractivity contribution in [3.63, 3.8) is 0 Å². The molecule has 0 aromatic rings. The van der Waals surface area contributed by atoms with Gasteiger partial charge in [-0.25, -0.2) is 4.79 Å². The highest BCUT2D eigenvalue weighted by atomic mass is 16.5. The van der Waals surface area contributed by atoms with Crippen molar-refractivity contribution < 1.29 is 9.53 Å². The largest absolute Gasteiger partial charge is 0.378 e. The molecule has 0 saturated carbocycles. The maximum Gasteiger partial charge on any atom is 0.315 e. The first kappa shape index (κ1) is 13.4. The van der Waals surface area contributed by atoms with E-state index in [-0.39, 0.29) is 18.1 Å². The highest BCUT2D eigenvalue weighted by Crippen LogP contribution is 2.17. The van der Waals surface area contributed by atoms with Crippen LogP contribution in [0.2, 0.25) is 0 Å². The van der Waals surface area contributed by atoms with Gasteiger partial charge >= 0.3 is 6.03 Å². The fourth-order valence-corrected chi connectivity index (χ4v) is 2.57. The molecular weight excluding hydrogens is 228 g/mol. The molecule has 2 amide bonds. The molecule has 4 heteroatoms. The summed E-state index contributed by atoms with van der Waals surface area (Å²) in [5.74, 6) is 0. The maximum absolute atomic E-state index is 11.7. The summed E-state index contributed by atoms with van der Waals surface area (Å²) < 4.78 is 5.58. The van der Waals surface area contributed by atoms with E-state index >= 15 is 0 Å². The number of carbonyl (C=O) groups excluding carboxylic acids is 1. The maximum atomic E-state index is 11.7. The van der Waals surface area contributed by atoms with Gasteiger partial charge < -0.3 is 15.4 Å². The summed E-state index contributed by atoms with van der Waals surface area (Å²) in [5.41, 5.74) is 0. The third kappa shape index (κ3) is 4.33. The van der Waals surface area contributed by atoms with Gasteiger partial charge in [-0.05, 0) is 45.4 Å². The van der Waals surface area contributed by atoms with Gasteiger partial charge in [0.2, 0.25) is 0 Å². The quantitative estimate of drug-likeness (QED) is 0.738. The van der Waals surface area contributed by atoms with E-state index in [0.717, 1.165) is 32.3 Å². The van der Waals surface area contributed by atoms with Crippen LogP contribution in [0.1, 0.15) is 45.4 Å². The summed E-state index contributed by atoms with van der Waals surface area (Å²) in [7, 11) is 0. The molecule has 1 aliphatic carbocycles. The third-order valence-electron chi connectivity index (χ3n) is 3.67. The molecule has 0 radical (unpaired) electrons. The van der Waals surface area contributed by atoms with Gasteiger partial charge in [-0.2, -0.15) is 0 Å². The SMILES string of the molecule is C[C@H](CC[C@H]1CCCO1)NC(=O)NC1CC=CC1. The van der Waals surface area contributed by atoms with Crippen LogP contribution >= 0.6 is 0 Å². The van der Waals surface area contributed by atoms with Crippen molar-refractivity contribution in [1.82, 2.24) is 10.6 Å². The van der Waals surface area contributed by atoms with E-state index in [1.54, 1.807) is 0 Å². The monoisotopic (exact) mass is 252 g/mol. The van der Waals surface area contributed by atoms with Crippen LogP contribution in [0.15, 0.2) is 12.2 Å². The lowest BCUT2D eigenvalue weighted by Gasteiger charge is -2.18. The lowest BCUT2D eigenvalue weighted by molar-refractivity contribution is 0.100. The Balaban J connectivity index is 1.57. The number of ether oxygens (including phenoxy) is 1. The van der Waals surface area contributed by atoms with Crippen molar-refractivity contribution in [2.45, 2.75) is 63.6 Å². The minimum Gasteiger partial charge on any atom is -0.378 e. The zero-order valence-electron chi connectivity index (χ0n) is 11.2. The van der Waals surface area contributed by atoms with Crippen LogP contribution in [0.3, 0.4) is 0 Å². The van der Waals surface area contributed by atoms with Crippen molar-refractivity contribution in [1.29, 1.82) is 0 Å². The van der Waals surface area contributed by atoms with Gasteiger partial charge in [0, 0.05) is 18.7 Å². The molecule has 4 nitrogen and oxygen atoms in total. The summed E-state index contributed by atoms with van der Waals surface area (Å²) in [4.78, 5) is 11.7. The molecule has 1 fully saturated rings. The average Bonchev–Trinajstić information content (AvgIpc) is 2.98. The van der Waals surface area contributed by atoms with E-state index in [4.69, 9.17) is 4.74 Å². The molecule has 2 atom stereocenters. The van der Waals surface area contributed by atoms with Crippen LogP contribution in [0.25, 0.3) is 0 Å². The summed E-state index contributed by atoms with van der Waals surface area (Å²) in [6.45, 7) is 2.96. The highest BCUT2D eigenvalue weighted by Gasteiger charge is 2.18. The molecule has 18 heavy (non-hydrogen) atoms. The van der Waals surface area contributed by atoms with Crippen molar-refractivity contribution in [3.05, 3.63) is 12.2 Å². The Kier molecular flexibility index (Phi) is 5.05.